The summed E-state index contributed by atoms with van der Waals surface area (Å²) in [4.78, 5) is 112. The van der Waals surface area contributed by atoms with Crippen LogP contribution in [0.5, 0.6) is 0 Å². The summed E-state index contributed by atoms with van der Waals surface area (Å²) in [5, 5.41) is 72.7. The van der Waals surface area contributed by atoms with Gasteiger partial charge in [0.25, 0.3) is 5.56 Å². The molecule has 4 heterocycles. The lowest BCUT2D eigenvalue weighted by atomic mass is 9.96. The molecule has 30 nitrogen and oxygen atoms in total. The van der Waals surface area contributed by atoms with E-state index in [0.717, 1.165) is 54.9 Å². The highest BCUT2D eigenvalue weighted by atomic mass is 16.7. The summed E-state index contributed by atoms with van der Waals surface area (Å²) in [5.74, 6) is -5.47. The van der Waals surface area contributed by atoms with Gasteiger partial charge < -0.3 is 92.6 Å². The number of aromatic amines is 1. The molecule has 0 radical (unpaired) electrons. The highest BCUT2D eigenvalue weighted by molar-refractivity contribution is 5.94. The highest BCUT2D eigenvalue weighted by Gasteiger charge is 2.54. The first kappa shape index (κ1) is 71.6. The molecule has 4 rings (SSSR count). The number of hydrogen-bond acceptors (Lipinski definition) is 22. The van der Waals surface area contributed by atoms with E-state index in [1.54, 1.807) is 27.7 Å². The molecule has 1 aromatic heterocycles. The lowest BCUT2D eigenvalue weighted by molar-refractivity contribution is -0.231. The average molecular weight is 1210 g/mol. The van der Waals surface area contributed by atoms with E-state index in [-0.39, 0.29) is 58.1 Å². The van der Waals surface area contributed by atoms with E-state index in [1.807, 2.05) is 4.98 Å². The summed E-state index contributed by atoms with van der Waals surface area (Å²) in [6, 6.07) is -7.00. The Hall–Kier alpha value is -5.83. The van der Waals surface area contributed by atoms with E-state index >= 15 is 0 Å². The predicted octanol–water partition coefficient (Wildman–Crippen LogP) is -1.46. The van der Waals surface area contributed by atoms with Gasteiger partial charge in [-0.05, 0) is 43.6 Å². The fourth-order valence-corrected chi connectivity index (χ4v) is 10.4. The van der Waals surface area contributed by atoms with Crippen LogP contribution in [0.15, 0.2) is 26.8 Å². The van der Waals surface area contributed by atoms with E-state index in [2.05, 4.69) is 56.1 Å². The van der Waals surface area contributed by atoms with Crippen molar-refractivity contribution in [3.05, 3.63) is 33.1 Å². The standard InChI is InChI=1S/C55H96N12O18/c1-29(2)19-16-14-12-10-8-9-11-13-15-17-20-35(69)83-43(31(5)6)38(64-48(74)37(32-21-25-60-53(57)62-32)66-54(79)65-36(30(3)4)50(75)76)47(73)59-24-18-23-58-28-61-39(51(77)78)44(85-52-46(81-7)40(70)33(27-56)82-52)45-41(71)42(72)49(84-45)67-26-22-34(68)63-55(67)80/h22,26,29-33,36-46,49,52,58,61,70-72H,8-21,23-25,27-28,56H2,1-7H3,(H,59,73)(H,64,74)(H,75,76)(H,77,78)(H3,57,60,62)(H,63,68,80)(H2,65,66,79)/t32-,33+,36-,37-,38-,39?,40+,41-,42+,43+,44?,45?,46+,49+,52-/m0/s1. The number of amides is 4. The van der Waals surface area contributed by atoms with Crippen molar-refractivity contribution >= 4 is 41.7 Å². The molecule has 2 fully saturated rings. The smallest absolute Gasteiger partial charge is 0.330 e. The van der Waals surface area contributed by atoms with Gasteiger partial charge in [0.2, 0.25) is 11.8 Å². The van der Waals surface area contributed by atoms with Crippen LogP contribution in [0.2, 0.25) is 0 Å². The number of nitrogens with two attached hydrogens (primary N) is 2. The van der Waals surface area contributed by atoms with Gasteiger partial charge in [-0.2, -0.15) is 0 Å². The number of aliphatic hydroxyl groups is 3. The zero-order chi connectivity index (χ0) is 62.9. The molecule has 4 amide bonds. The topological polar surface area (TPSA) is 453 Å². The van der Waals surface area contributed by atoms with E-state index < -0.39 is 150 Å². The Morgan fingerprint density at radius 3 is 2.01 bits per heavy atom. The number of aliphatic hydroxyl groups excluding tert-OH is 3. The summed E-state index contributed by atoms with van der Waals surface area (Å²) in [6.07, 6.45) is -1.90. The van der Waals surface area contributed by atoms with Gasteiger partial charge in [0.05, 0.1) is 6.04 Å². The first-order chi connectivity index (χ1) is 40.4. The molecule has 3 aliphatic heterocycles. The summed E-state index contributed by atoms with van der Waals surface area (Å²) >= 11 is 0. The van der Waals surface area contributed by atoms with Crippen LogP contribution < -0.4 is 59.9 Å². The fourth-order valence-electron chi connectivity index (χ4n) is 10.4. The zero-order valence-corrected chi connectivity index (χ0v) is 50.1. The number of rotatable bonds is 39. The lowest BCUT2D eigenvalue weighted by Crippen LogP contribution is -2.66. The first-order valence-electron chi connectivity index (χ1n) is 29.8. The van der Waals surface area contributed by atoms with Crippen LogP contribution in [-0.2, 0) is 47.7 Å². The van der Waals surface area contributed by atoms with Crippen molar-refractivity contribution < 1.29 is 78.0 Å². The lowest BCUT2D eigenvalue weighted by Gasteiger charge is -2.34. The van der Waals surface area contributed by atoms with Crippen molar-refractivity contribution in [2.24, 2.45) is 34.2 Å². The maximum Gasteiger partial charge on any atom is 0.330 e. The molecule has 484 valence electrons. The zero-order valence-electron chi connectivity index (χ0n) is 50.1. The van der Waals surface area contributed by atoms with Crippen molar-refractivity contribution in [1.82, 2.24) is 46.8 Å². The van der Waals surface area contributed by atoms with E-state index in [4.69, 9.17) is 35.2 Å². The highest BCUT2D eigenvalue weighted by Crippen LogP contribution is 2.35. The second-order valence-electron chi connectivity index (χ2n) is 23.0. The number of nitrogens with one attached hydrogen (secondary N) is 8. The van der Waals surface area contributed by atoms with Gasteiger partial charge in [0.1, 0.15) is 73.0 Å². The second kappa shape index (κ2) is 36.3. The Labute approximate surface area is 495 Å². The molecule has 0 saturated carbocycles. The minimum absolute atomic E-state index is 0.0217. The van der Waals surface area contributed by atoms with Crippen LogP contribution in [0.1, 0.15) is 138 Å². The van der Waals surface area contributed by atoms with Gasteiger partial charge in [0, 0.05) is 52.1 Å². The van der Waals surface area contributed by atoms with Crippen molar-refractivity contribution in [1.29, 1.82) is 0 Å². The Kier molecular flexibility index (Phi) is 30.6. The van der Waals surface area contributed by atoms with Crippen LogP contribution >= 0.6 is 0 Å². The van der Waals surface area contributed by atoms with E-state index in [1.165, 1.54) is 39.2 Å². The Bertz CT molecular complexity index is 2410. The summed E-state index contributed by atoms with van der Waals surface area (Å²) < 4.78 is 30.0. The molecule has 15 atom stereocenters. The monoisotopic (exact) mass is 1210 g/mol. The van der Waals surface area contributed by atoms with Gasteiger partial charge >= 0.3 is 29.6 Å². The molecule has 30 heteroatoms. The third-order valence-electron chi connectivity index (χ3n) is 15.2. The number of H-pyrrole nitrogens is 1. The van der Waals surface area contributed by atoms with Gasteiger partial charge in [-0.3, -0.25) is 43.8 Å². The summed E-state index contributed by atoms with van der Waals surface area (Å²) in [7, 11) is 1.24. The molecular formula is C55H96N12O18. The largest absolute Gasteiger partial charge is 0.480 e. The number of aliphatic imine (C=N–C) groups is 1. The van der Waals surface area contributed by atoms with Crippen LogP contribution in [0.4, 0.5) is 4.79 Å². The quantitative estimate of drug-likeness (QED) is 0.0203. The third-order valence-corrected chi connectivity index (χ3v) is 15.2. The number of methoxy groups -OCH3 is 1. The Balaban J connectivity index is 1.47. The van der Waals surface area contributed by atoms with Crippen molar-refractivity contribution in [3.8, 4) is 0 Å². The number of carboxylic acid groups (broad SMARTS) is 2. The minimum Gasteiger partial charge on any atom is -0.480 e. The second-order valence-corrected chi connectivity index (χ2v) is 23.0. The molecule has 17 N–H and O–H groups in total. The first-order valence-corrected chi connectivity index (χ1v) is 29.8. The molecule has 3 aliphatic rings. The maximum atomic E-state index is 14.5. The van der Waals surface area contributed by atoms with Crippen molar-refractivity contribution in [2.75, 3.05) is 40.0 Å². The molecule has 85 heavy (non-hydrogen) atoms. The number of aliphatic carboxylic acids is 2. The normalized spacial score (nSPS) is 24.4. The molecule has 0 aliphatic carbocycles. The van der Waals surface area contributed by atoms with Gasteiger partial charge in [-0.25, -0.2) is 14.4 Å². The number of carbonyl (C=O) groups is 6. The van der Waals surface area contributed by atoms with Gasteiger partial charge in [-0.15, -0.1) is 0 Å². The van der Waals surface area contributed by atoms with E-state index in [0.29, 0.717) is 6.42 Å². The average Bonchev–Trinajstić information content (AvgIpc) is 2.02. The van der Waals surface area contributed by atoms with Gasteiger partial charge in [0.15, 0.2) is 18.5 Å². The van der Waals surface area contributed by atoms with Crippen LogP contribution in [-0.4, -0.2) is 202 Å². The fraction of sp³-hybridized carbons (Fsp3) is 0.800. The predicted molar refractivity (Wildman–Crippen MR) is 308 cm³/mol. The maximum absolute atomic E-state index is 14.5. The van der Waals surface area contributed by atoms with Crippen LogP contribution in [0.25, 0.3) is 0 Å². The SMILES string of the molecule is CO[C@H]1[C@H](OC(C(NCNCCCNC(=O)[C@@H](NC(=O)[C@@H](NC(=O)N[C@H](C(=O)O)C(C)C)[C@@H]2CCN=C(N)N2)[C@H](OC(=O)CCCCCCCCCCCCC(C)C)C(C)C)C(=O)O)C2O[C@@H](n3ccc(=O)[nH]c3=O)[C@H](O)[C@@H]2O)O[C@H](CN)[C@H]1O. The van der Waals surface area contributed by atoms with Gasteiger partial charge in [-0.1, -0.05) is 106 Å². The number of urea groups is 1. The molecule has 2 saturated heterocycles. The van der Waals surface area contributed by atoms with Crippen LogP contribution in [0.3, 0.4) is 0 Å². The number of ether oxygens (including phenoxy) is 5. The molecule has 1 aromatic rings. The Morgan fingerprint density at radius 1 is 0.788 bits per heavy atom. The molecule has 0 bridgehead atoms. The van der Waals surface area contributed by atoms with E-state index in [9.17, 15) is 63.9 Å². The molecular weight excluding hydrogens is 1120 g/mol. The number of hydrogen-bond donors (Lipinski definition) is 15. The number of carbonyl (C=O) groups excluding carboxylic acids is 4. The number of aromatic nitrogens is 2. The third kappa shape index (κ3) is 22.4. The number of guanidine groups is 1. The number of nitrogens with zero attached hydrogens (tertiary/aromatic N) is 2. The van der Waals surface area contributed by atoms with Crippen molar-refractivity contribution in [2.45, 2.75) is 223 Å². The molecule has 3 unspecified atom stereocenters. The summed E-state index contributed by atoms with van der Waals surface area (Å²) in [5.41, 5.74) is 10.0. The number of unbranched alkanes of at least 4 members (excludes halogenated alkanes) is 9. The number of carboxylic acids is 2. The summed E-state index contributed by atoms with van der Waals surface area (Å²) in [6.45, 7) is 10.8. The number of esters is 1. The van der Waals surface area contributed by atoms with Crippen LogP contribution in [0, 0.1) is 17.8 Å². The molecule has 0 spiro atoms. The minimum atomic E-state index is -1.90. The molecule has 0 aromatic carbocycles. The Morgan fingerprint density at radius 2 is 1.44 bits per heavy atom. The van der Waals surface area contributed by atoms with Crippen molar-refractivity contribution in [3.63, 3.8) is 0 Å².